The molecule has 0 amide bonds. The smallest absolute Gasteiger partial charge is 0.177 e. The summed E-state index contributed by atoms with van der Waals surface area (Å²) in [5.74, 6) is 3.09. The Bertz CT molecular complexity index is 953. The van der Waals surface area contributed by atoms with Crippen molar-refractivity contribution < 1.29 is 14.3 Å². The minimum atomic E-state index is -0.405. The molecule has 186 valence electrons. The van der Waals surface area contributed by atoms with Gasteiger partial charge in [-0.15, -0.1) is 0 Å². The van der Waals surface area contributed by atoms with Gasteiger partial charge >= 0.3 is 0 Å². The van der Waals surface area contributed by atoms with Crippen LogP contribution in [-0.4, -0.2) is 18.4 Å². The summed E-state index contributed by atoms with van der Waals surface area (Å²) in [6.45, 7) is 14.1. The molecule has 2 aromatic carbocycles. The SMILES string of the molecule is CC.CCc1ccc(OCc2ccccc2)c2c1C1(C)C(C)CC(C)C(=O)[C@@H]1O2.NCC1CC1. The van der Waals surface area contributed by atoms with E-state index >= 15 is 0 Å². The van der Waals surface area contributed by atoms with Gasteiger partial charge in [-0.05, 0) is 61.3 Å². The summed E-state index contributed by atoms with van der Waals surface area (Å²) in [6, 6.07) is 14.3. The fourth-order valence-electron chi connectivity index (χ4n) is 5.19. The second-order valence-electron chi connectivity index (χ2n) is 9.95. The van der Waals surface area contributed by atoms with E-state index in [9.17, 15) is 4.79 Å². The van der Waals surface area contributed by atoms with Gasteiger partial charge in [0.15, 0.2) is 23.4 Å². The zero-order valence-corrected chi connectivity index (χ0v) is 21.9. The molecular weight excluding hydrogens is 422 g/mol. The number of hydrogen-bond donors (Lipinski definition) is 1. The summed E-state index contributed by atoms with van der Waals surface area (Å²) in [5, 5.41) is 0. The van der Waals surface area contributed by atoms with Gasteiger partial charge in [-0.3, -0.25) is 4.79 Å². The van der Waals surface area contributed by atoms with Crippen LogP contribution in [0.1, 0.15) is 77.5 Å². The maximum Gasteiger partial charge on any atom is 0.177 e. The lowest BCUT2D eigenvalue weighted by Gasteiger charge is -2.42. The molecule has 4 nitrogen and oxygen atoms in total. The molecule has 5 rings (SSSR count). The largest absolute Gasteiger partial charge is 0.485 e. The molecule has 3 aliphatic rings. The number of rotatable bonds is 5. The van der Waals surface area contributed by atoms with Crippen LogP contribution < -0.4 is 15.2 Å². The second kappa shape index (κ2) is 11.4. The van der Waals surface area contributed by atoms with Crippen LogP contribution in [0, 0.1) is 17.8 Å². The molecule has 2 saturated carbocycles. The molecule has 2 N–H and O–H groups in total. The highest BCUT2D eigenvalue weighted by molar-refractivity contribution is 5.90. The number of fused-ring (bicyclic) bond motifs is 3. The predicted octanol–water partition coefficient (Wildman–Crippen LogP) is 6.47. The van der Waals surface area contributed by atoms with Gasteiger partial charge in [-0.1, -0.05) is 77.9 Å². The van der Waals surface area contributed by atoms with E-state index in [4.69, 9.17) is 15.2 Å². The first kappa shape index (κ1) is 26.3. The Hall–Kier alpha value is -2.33. The molecule has 0 saturated heterocycles. The Kier molecular flexibility index (Phi) is 8.81. The van der Waals surface area contributed by atoms with Crippen molar-refractivity contribution in [3.05, 3.63) is 59.2 Å². The summed E-state index contributed by atoms with van der Waals surface area (Å²) < 4.78 is 12.5. The van der Waals surface area contributed by atoms with Gasteiger partial charge in [-0.2, -0.15) is 0 Å². The maximum atomic E-state index is 13.0. The number of Topliss-reactive ketones (excluding diaryl/α,β-unsaturated/α-hetero) is 1. The number of benzene rings is 2. The van der Waals surface area contributed by atoms with Gasteiger partial charge in [-0.25, -0.2) is 0 Å². The van der Waals surface area contributed by atoms with Crippen molar-refractivity contribution in [2.45, 2.75) is 85.4 Å². The Balaban J connectivity index is 0.000000404. The summed E-state index contributed by atoms with van der Waals surface area (Å²) >= 11 is 0. The number of nitrogens with two attached hydrogens (primary N) is 1. The number of carbonyl (C=O) groups is 1. The lowest BCUT2D eigenvalue weighted by atomic mass is 9.60. The zero-order chi connectivity index (χ0) is 24.9. The van der Waals surface area contributed by atoms with Crippen molar-refractivity contribution in [2.75, 3.05) is 6.54 Å². The minimum Gasteiger partial charge on any atom is -0.485 e. The lowest BCUT2D eigenvalue weighted by molar-refractivity contribution is -0.136. The first-order valence-corrected chi connectivity index (χ1v) is 13.1. The normalized spacial score (nSPS) is 26.7. The summed E-state index contributed by atoms with van der Waals surface area (Å²) in [6.07, 6.45) is 4.20. The number of hydrogen-bond acceptors (Lipinski definition) is 4. The average molecular weight is 466 g/mol. The van der Waals surface area contributed by atoms with Crippen molar-refractivity contribution in [3.8, 4) is 11.5 Å². The first-order chi connectivity index (χ1) is 16.4. The van der Waals surface area contributed by atoms with E-state index in [1.807, 2.05) is 45.0 Å². The standard InChI is InChI=1S/C24H28O3.C4H9N.C2H6/c1-5-18-11-12-19(26-14-17-9-7-6-8-10-17)22-20(18)24(4)16(3)13-15(2)21(25)23(24)27-22;5-3-4-1-2-4;1-2/h6-12,15-16,23H,5,13-14H2,1-4H3;4H,1-3,5H2;1-2H3/t15?,16?,23-,24?;;/m0../s1. The van der Waals surface area contributed by atoms with Gasteiger partial charge in [0.05, 0.1) is 0 Å². The van der Waals surface area contributed by atoms with Gasteiger partial charge in [0.2, 0.25) is 0 Å². The van der Waals surface area contributed by atoms with E-state index in [1.54, 1.807) is 0 Å². The average Bonchev–Trinajstić information content (AvgIpc) is 3.66. The molecule has 2 aliphatic carbocycles. The van der Waals surface area contributed by atoms with Crippen molar-refractivity contribution in [1.29, 1.82) is 0 Å². The molecule has 2 aromatic rings. The molecule has 1 aliphatic heterocycles. The molecule has 0 spiro atoms. The van der Waals surface area contributed by atoms with Crippen molar-refractivity contribution in [2.24, 2.45) is 23.5 Å². The number of aryl methyl sites for hydroxylation is 1. The van der Waals surface area contributed by atoms with E-state index in [1.165, 1.54) is 24.0 Å². The number of ketones is 1. The third-order valence-electron chi connectivity index (χ3n) is 7.65. The van der Waals surface area contributed by atoms with E-state index in [-0.39, 0.29) is 17.1 Å². The minimum absolute atomic E-state index is 0.0474. The quantitative estimate of drug-likeness (QED) is 0.549. The van der Waals surface area contributed by atoms with Crippen LogP contribution in [0.15, 0.2) is 42.5 Å². The lowest BCUT2D eigenvalue weighted by Crippen LogP contribution is -2.52. The zero-order valence-electron chi connectivity index (χ0n) is 21.9. The first-order valence-electron chi connectivity index (χ1n) is 13.1. The highest BCUT2D eigenvalue weighted by atomic mass is 16.5. The second-order valence-corrected chi connectivity index (χ2v) is 9.95. The molecule has 34 heavy (non-hydrogen) atoms. The van der Waals surface area contributed by atoms with Crippen molar-refractivity contribution in [1.82, 2.24) is 0 Å². The number of ether oxygens (including phenoxy) is 2. The summed E-state index contributed by atoms with van der Waals surface area (Å²) in [4.78, 5) is 13.0. The van der Waals surface area contributed by atoms with Crippen LogP contribution in [0.5, 0.6) is 11.5 Å². The van der Waals surface area contributed by atoms with Crippen molar-refractivity contribution >= 4 is 5.78 Å². The molecule has 0 bridgehead atoms. The number of carbonyl (C=O) groups excluding carboxylic acids is 1. The Morgan fingerprint density at radius 3 is 2.32 bits per heavy atom. The topological polar surface area (TPSA) is 61.5 Å². The van der Waals surface area contributed by atoms with Gasteiger partial charge in [0, 0.05) is 16.9 Å². The van der Waals surface area contributed by atoms with Gasteiger partial charge in [0.1, 0.15) is 6.61 Å². The van der Waals surface area contributed by atoms with E-state index in [2.05, 4.69) is 39.0 Å². The van der Waals surface area contributed by atoms with Crippen LogP contribution in [0.25, 0.3) is 0 Å². The van der Waals surface area contributed by atoms with E-state index in [0.29, 0.717) is 12.5 Å². The molecule has 1 heterocycles. The molecule has 0 radical (unpaired) electrons. The maximum absolute atomic E-state index is 13.0. The van der Waals surface area contributed by atoms with E-state index < -0.39 is 6.10 Å². The predicted molar refractivity (Wildman–Crippen MR) is 139 cm³/mol. The summed E-state index contributed by atoms with van der Waals surface area (Å²) in [7, 11) is 0. The summed E-state index contributed by atoms with van der Waals surface area (Å²) in [5.41, 5.74) is 8.52. The van der Waals surface area contributed by atoms with Crippen LogP contribution in [0.2, 0.25) is 0 Å². The molecular formula is C30H43NO3. The van der Waals surface area contributed by atoms with Crippen molar-refractivity contribution in [3.63, 3.8) is 0 Å². The Morgan fingerprint density at radius 2 is 1.76 bits per heavy atom. The highest BCUT2D eigenvalue weighted by Gasteiger charge is 2.57. The third-order valence-corrected chi connectivity index (χ3v) is 7.65. The van der Waals surface area contributed by atoms with Gasteiger partial charge in [0.25, 0.3) is 0 Å². The highest BCUT2D eigenvalue weighted by Crippen LogP contribution is 2.56. The van der Waals surface area contributed by atoms with Crippen LogP contribution in [0.3, 0.4) is 0 Å². The third kappa shape index (κ3) is 5.17. The molecule has 2 fully saturated rings. The van der Waals surface area contributed by atoms with Crippen LogP contribution in [0.4, 0.5) is 0 Å². The van der Waals surface area contributed by atoms with Crippen LogP contribution in [-0.2, 0) is 23.2 Å². The van der Waals surface area contributed by atoms with E-state index in [0.717, 1.165) is 42.4 Å². The monoisotopic (exact) mass is 465 g/mol. The van der Waals surface area contributed by atoms with Crippen LogP contribution >= 0.6 is 0 Å². The fourth-order valence-corrected chi connectivity index (χ4v) is 5.19. The Morgan fingerprint density at radius 1 is 1.09 bits per heavy atom. The molecule has 4 atom stereocenters. The fraction of sp³-hybridized carbons (Fsp3) is 0.567. The molecule has 0 aromatic heterocycles. The molecule has 3 unspecified atom stereocenters. The van der Waals surface area contributed by atoms with Gasteiger partial charge < -0.3 is 15.2 Å². The molecule has 4 heteroatoms. The Labute approximate surface area is 206 Å².